The van der Waals surface area contributed by atoms with E-state index in [1.807, 2.05) is 22.5 Å². The van der Waals surface area contributed by atoms with E-state index in [0.717, 1.165) is 45.0 Å². The van der Waals surface area contributed by atoms with Gasteiger partial charge in [-0.25, -0.2) is 9.78 Å². The largest absolute Gasteiger partial charge is 0.379 e. The van der Waals surface area contributed by atoms with Gasteiger partial charge in [0, 0.05) is 56.4 Å². The highest BCUT2D eigenvalue weighted by atomic mass is 32.2. The summed E-state index contributed by atoms with van der Waals surface area (Å²) in [7, 11) is 0. The summed E-state index contributed by atoms with van der Waals surface area (Å²) in [5.74, 6) is 2.25. The number of nitrogens with zero attached hydrogens (tertiary/aromatic N) is 3. The van der Waals surface area contributed by atoms with E-state index < -0.39 is 0 Å². The van der Waals surface area contributed by atoms with Crippen molar-refractivity contribution in [2.24, 2.45) is 0 Å². The van der Waals surface area contributed by atoms with Crippen LogP contribution in [0, 0.1) is 0 Å². The fourth-order valence-corrected chi connectivity index (χ4v) is 4.64. The number of morpholine rings is 1. The highest BCUT2D eigenvalue weighted by Crippen LogP contribution is 2.33. The number of amides is 2. The number of ether oxygens (including phenoxy) is 1. The van der Waals surface area contributed by atoms with Crippen LogP contribution in [0.3, 0.4) is 0 Å². The molecule has 0 aromatic carbocycles. The number of hydrogen-bond donors (Lipinski definition) is 2. The second-order valence-electron chi connectivity index (χ2n) is 6.04. The van der Waals surface area contributed by atoms with Crippen molar-refractivity contribution in [1.29, 1.82) is 0 Å². The van der Waals surface area contributed by atoms with Gasteiger partial charge in [-0.2, -0.15) is 11.8 Å². The molecule has 3 heterocycles. The van der Waals surface area contributed by atoms with Gasteiger partial charge < -0.3 is 19.9 Å². The van der Waals surface area contributed by atoms with Crippen molar-refractivity contribution in [2.45, 2.75) is 18.5 Å². The Morgan fingerprint density at radius 3 is 2.91 bits per heavy atom. The summed E-state index contributed by atoms with van der Waals surface area (Å²) in [4.78, 5) is 18.5. The summed E-state index contributed by atoms with van der Waals surface area (Å²) >= 11 is 1.98. The van der Waals surface area contributed by atoms with Crippen molar-refractivity contribution in [2.75, 3.05) is 50.9 Å². The molecule has 1 atom stereocenters. The molecule has 0 saturated carbocycles. The van der Waals surface area contributed by atoms with Gasteiger partial charge in [0.15, 0.2) is 0 Å². The molecule has 0 aliphatic carbocycles. The highest BCUT2D eigenvalue weighted by Gasteiger charge is 2.40. The molecule has 1 unspecified atom stereocenters. The van der Waals surface area contributed by atoms with Gasteiger partial charge in [-0.15, -0.1) is 0 Å². The average molecular weight is 339 g/mol. The van der Waals surface area contributed by atoms with Crippen LogP contribution in [-0.4, -0.2) is 76.9 Å². The molecule has 2 aliphatic heterocycles. The smallest absolute Gasteiger partial charge is 0.314 e. The molecule has 7 nitrogen and oxygen atoms in total. The molecular weight excluding hydrogens is 314 g/mol. The molecule has 0 radical (unpaired) electrons. The van der Waals surface area contributed by atoms with Crippen molar-refractivity contribution in [1.82, 2.24) is 25.1 Å². The third-order valence-electron chi connectivity index (χ3n) is 4.56. The Morgan fingerprint density at radius 2 is 2.22 bits per heavy atom. The first-order valence-corrected chi connectivity index (χ1v) is 9.32. The molecule has 1 aromatic heterocycles. The van der Waals surface area contributed by atoms with E-state index >= 15 is 0 Å². The third-order valence-corrected chi connectivity index (χ3v) is 5.79. The Morgan fingerprint density at radius 1 is 1.35 bits per heavy atom. The molecule has 3 rings (SSSR count). The molecule has 2 aliphatic rings. The maximum atomic E-state index is 12.1. The van der Waals surface area contributed by atoms with Gasteiger partial charge in [0.2, 0.25) is 0 Å². The Balaban J connectivity index is 1.43. The molecular formula is C15H25N5O2S. The summed E-state index contributed by atoms with van der Waals surface area (Å²) in [6.45, 7) is 5.55. The fraction of sp³-hybridized carbons (Fsp3) is 0.733. The maximum Gasteiger partial charge on any atom is 0.314 e. The van der Waals surface area contributed by atoms with Gasteiger partial charge in [0.05, 0.1) is 19.5 Å². The van der Waals surface area contributed by atoms with Crippen molar-refractivity contribution >= 4 is 17.8 Å². The van der Waals surface area contributed by atoms with E-state index in [9.17, 15) is 4.79 Å². The first kappa shape index (κ1) is 16.6. The Hall–Kier alpha value is -1.25. The van der Waals surface area contributed by atoms with Crippen LogP contribution >= 0.6 is 11.8 Å². The number of urea groups is 1. The molecule has 0 bridgehead atoms. The normalized spacial score (nSPS) is 25.4. The van der Waals surface area contributed by atoms with Crippen molar-refractivity contribution in [3.63, 3.8) is 0 Å². The SMILES string of the molecule is O=C(NCCn1ccnc1)NCC1(N2CCOCC2)CCSC1. The molecule has 0 spiro atoms. The van der Waals surface area contributed by atoms with Gasteiger partial charge in [0.1, 0.15) is 0 Å². The number of carbonyl (C=O) groups excluding carboxylic acids is 1. The van der Waals surface area contributed by atoms with Gasteiger partial charge in [-0.3, -0.25) is 4.90 Å². The monoisotopic (exact) mass is 339 g/mol. The van der Waals surface area contributed by atoms with Gasteiger partial charge >= 0.3 is 6.03 Å². The van der Waals surface area contributed by atoms with Gasteiger partial charge in [0.25, 0.3) is 0 Å². The average Bonchev–Trinajstić information content (AvgIpc) is 3.26. The molecule has 2 amide bonds. The van der Waals surface area contributed by atoms with E-state index in [0.29, 0.717) is 13.1 Å². The van der Waals surface area contributed by atoms with E-state index in [4.69, 9.17) is 4.74 Å². The quantitative estimate of drug-likeness (QED) is 0.785. The molecule has 8 heteroatoms. The van der Waals surface area contributed by atoms with E-state index in [1.165, 1.54) is 5.75 Å². The minimum Gasteiger partial charge on any atom is -0.379 e. The lowest BCUT2D eigenvalue weighted by Crippen LogP contribution is -2.60. The summed E-state index contributed by atoms with van der Waals surface area (Å²) in [6, 6.07) is -0.0883. The minimum atomic E-state index is -0.0883. The van der Waals surface area contributed by atoms with Crippen LogP contribution < -0.4 is 10.6 Å². The topological polar surface area (TPSA) is 71.4 Å². The lowest BCUT2D eigenvalue weighted by atomic mass is 9.95. The van der Waals surface area contributed by atoms with Crippen LogP contribution in [-0.2, 0) is 11.3 Å². The molecule has 23 heavy (non-hydrogen) atoms. The summed E-state index contributed by atoms with van der Waals surface area (Å²) in [5, 5.41) is 5.99. The predicted octanol–water partition coefficient (Wildman–Crippen LogP) is 0.390. The summed E-state index contributed by atoms with van der Waals surface area (Å²) in [5.41, 5.74) is 0.0934. The van der Waals surface area contributed by atoms with Gasteiger partial charge in [-0.1, -0.05) is 0 Å². The predicted molar refractivity (Wildman–Crippen MR) is 90.7 cm³/mol. The number of aromatic nitrogens is 2. The number of imidazole rings is 1. The van der Waals surface area contributed by atoms with Crippen molar-refractivity contribution in [3.8, 4) is 0 Å². The van der Waals surface area contributed by atoms with E-state index in [1.54, 1.807) is 12.5 Å². The van der Waals surface area contributed by atoms with Gasteiger partial charge in [-0.05, 0) is 12.2 Å². The number of carbonyl (C=O) groups is 1. The summed E-state index contributed by atoms with van der Waals surface area (Å²) in [6.07, 6.45) is 6.52. The number of thioether (sulfide) groups is 1. The second-order valence-corrected chi connectivity index (χ2v) is 7.14. The number of hydrogen-bond acceptors (Lipinski definition) is 5. The van der Waals surface area contributed by atoms with E-state index in [-0.39, 0.29) is 11.6 Å². The lowest BCUT2D eigenvalue weighted by Gasteiger charge is -2.43. The fourth-order valence-electron chi connectivity index (χ4n) is 3.16. The third kappa shape index (κ3) is 4.39. The number of nitrogens with one attached hydrogen (secondary N) is 2. The standard InChI is InChI=1S/C15H25N5O2S/c21-14(17-3-5-19-4-2-16-13-19)18-11-15(1-10-23-12-15)20-6-8-22-9-7-20/h2,4,13H,1,3,5-12H2,(H2,17,18,21). The maximum absolute atomic E-state index is 12.1. The second kappa shape index (κ2) is 8.03. The zero-order valence-corrected chi connectivity index (χ0v) is 14.2. The molecule has 2 fully saturated rings. The molecule has 2 saturated heterocycles. The Kier molecular flexibility index (Phi) is 5.80. The molecule has 128 valence electrons. The van der Waals surface area contributed by atoms with Crippen LogP contribution in [0.1, 0.15) is 6.42 Å². The first-order chi connectivity index (χ1) is 11.3. The Bertz CT molecular complexity index is 484. The van der Waals surface area contributed by atoms with Crippen LogP contribution in [0.5, 0.6) is 0 Å². The summed E-state index contributed by atoms with van der Waals surface area (Å²) < 4.78 is 7.41. The lowest BCUT2D eigenvalue weighted by molar-refractivity contribution is -0.0124. The zero-order chi connectivity index (χ0) is 16.0. The van der Waals surface area contributed by atoms with Crippen LogP contribution in [0.15, 0.2) is 18.7 Å². The van der Waals surface area contributed by atoms with Crippen LogP contribution in [0.25, 0.3) is 0 Å². The zero-order valence-electron chi connectivity index (χ0n) is 13.4. The van der Waals surface area contributed by atoms with Crippen molar-refractivity contribution < 1.29 is 9.53 Å². The first-order valence-electron chi connectivity index (χ1n) is 8.17. The molecule has 1 aromatic rings. The highest BCUT2D eigenvalue weighted by molar-refractivity contribution is 7.99. The van der Waals surface area contributed by atoms with Crippen LogP contribution in [0.2, 0.25) is 0 Å². The van der Waals surface area contributed by atoms with Crippen LogP contribution in [0.4, 0.5) is 4.79 Å². The van der Waals surface area contributed by atoms with Crippen molar-refractivity contribution in [3.05, 3.63) is 18.7 Å². The molecule has 2 N–H and O–H groups in total. The minimum absolute atomic E-state index is 0.0883. The van der Waals surface area contributed by atoms with E-state index in [2.05, 4.69) is 20.5 Å². The number of rotatable bonds is 6. The Labute approximate surface area is 141 Å².